The van der Waals surface area contributed by atoms with E-state index in [1.54, 1.807) is 16.9 Å². The number of piperidine rings is 1. The van der Waals surface area contributed by atoms with Gasteiger partial charge in [0.2, 0.25) is 0 Å². The van der Waals surface area contributed by atoms with Gasteiger partial charge in [-0.15, -0.1) is 10.2 Å². The topological polar surface area (TPSA) is 88.3 Å². The van der Waals surface area contributed by atoms with Gasteiger partial charge in [0.1, 0.15) is 11.4 Å². The zero-order valence-electron chi connectivity index (χ0n) is 18.2. The normalized spacial score (nSPS) is 24.7. The Morgan fingerprint density at radius 1 is 1.09 bits per heavy atom. The molecule has 2 saturated heterocycles. The fourth-order valence-corrected chi connectivity index (χ4v) is 5.46. The van der Waals surface area contributed by atoms with E-state index in [0.717, 1.165) is 48.5 Å². The molecule has 166 valence electrons. The fourth-order valence-electron chi connectivity index (χ4n) is 5.46. The van der Waals surface area contributed by atoms with Gasteiger partial charge in [0.05, 0.1) is 12.8 Å². The predicted molar refractivity (Wildman–Crippen MR) is 122 cm³/mol. The molecule has 3 aliphatic heterocycles. The molecule has 3 atom stereocenters. The summed E-state index contributed by atoms with van der Waals surface area (Å²) in [6, 6.07) is 9.24. The Labute approximate surface area is 187 Å². The van der Waals surface area contributed by atoms with Crippen LogP contribution in [0, 0.1) is 0 Å². The zero-order valence-corrected chi connectivity index (χ0v) is 18.2. The lowest BCUT2D eigenvalue weighted by Gasteiger charge is -2.37. The van der Waals surface area contributed by atoms with Gasteiger partial charge in [-0.25, -0.2) is 0 Å². The molecule has 6 rings (SSSR count). The van der Waals surface area contributed by atoms with Crippen LogP contribution in [0.4, 0.5) is 5.82 Å². The second-order valence-corrected chi connectivity index (χ2v) is 9.21. The molecule has 1 aromatic carbocycles. The van der Waals surface area contributed by atoms with Crippen LogP contribution in [-0.2, 0) is 7.05 Å². The van der Waals surface area contributed by atoms with E-state index in [1.165, 1.54) is 12.8 Å². The number of hydrogen-bond acceptors (Lipinski definition) is 7. The smallest absolute Gasteiger partial charge is 0.194 e. The zero-order chi connectivity index (χ0) is 21.7. The molecule has 32 heavy (non-hydrogen) atoms. The third-order valence-electron chi connectivity index (χ3n) is 7.01. The van der Waals surface area contributed by atoms with E-state index in [2.05, 4.69) is 25.5 Å². The number of nitrogens with zero attached hydrogens (tertiary/aromatic N) is 5. The van der Waals surface area contributed by atoms with E-state index in [4.69, 9.17) is 4.74 Å². The van der Waals surface area contributed by atoms with E-state index in [9.17, 15) is 5.11 Å². The molecule has 2 N–H and O–H groups in total. The summed E-state index contributed by atoms with van der Waals surface area (Å²) in [6.07, 6.45) is 9.52. The van der Waals surface area contributed by atoms with Crippen LogP contribution in [0.3, 0.4) is 0 Å². The van der Waals surface area contributed by atoms with E-state index in [1.807, 2.05) is 31.4 Å². The molecule has 0 aliphatic carbocycles. The van der Waals surface area contributed by atoms with Crippen molar-refractivity contribution in [2.24, 2.45) is 7.05 Å². The van der Waals surface area contributed by atoms with Crippen LogP contribution in [-0.4, -0.2) is 56.4 Å². The third-order valence-corrected chi connectivity index (χ3v) is 7.01. The lowest BCUT2D eigenvalue weighted by molar-refractivity contribution is 0.319. The minimum Gasteiger partial charge on any atom is -0.507 e. The number of rotatable bonds is 3. The van der Waals surface area contributed by atoms with Gasteiger partial charge in [0.25, 0.3) is 0 Å². The minimum atomic E-state index is 0.168. The molecule has 2 bridgehead atoms. The van der Waals surface area contributed by atoms with Crippen LogP contribution in [0.15, 0.2) is 36.7 Å². The minimum absolute atomic E-state index is 0.168. The van der Waals surface area contributed by atoms with Crippen LogP contribution in [0.25, 0.3) is 22.4 Å². The van der Waals surface area contributed by atoms with Crippen molar-refractivity contribution >= 4 is 5.82 Å². The molecular weight excluding hydrogens is 404 g/mol. The van der Waals surface area contributed by atoms with Crippen molar-refractivity contribution in [3.63, 3.8) is 0 Å². The maximum absolute atomic E-state index is 10.7. The maximum Gasteiger partial charge on any atom is 0.194 e. The van der Waals surface area contributed by atoms with Gasteiger partial charge >= 0.3 is 0 Å². The number of fused-ring (bicyclic) bond motifs is 3. The summed E-state index contributed by atoms with van der Waals surface area (Å²) in [5.74, 6) is 1.76. The number of aromatic hydroxyl groups is 1. The Hall–Kier alpha value is -3.13. The van der Waals surface area contributed by atoms with Crippen molar-refractivity contribution in [1.82, 2.24) is 25.3 Å². The number of phenolic OH excluding ortho intramolecular Hbond substituents is 1. The first-order chi connectivity index (χ1) is 15.6. The van der Waals surface area contributed by atoms with Gasteiger partial charge in [-0.2, -0.15) is 5.10 Å². The molecule has 8 heteroatoms. The highest BCUT2D eigenvalue weighted by molar-refractivity contribution is 5.75. The summed E-state index contributed by atoms with van der Waals surface area (Å²) in [5, 5.41) is 27.8. The Morgan fingerprint density at radius 2 is 1.94 bits per heavy atom. The quantitative estimate of drug-likeness (QED) is 0.657. The average Bonchev–Trinajstić information content (AvgIpc) is 3.30. The molecule has 0 spiro atoms. The SMILES string of the molecule is Cn1cc(-c2ccc(-c3cc4c(nn3)N([C@@H]3C[C@H]5CC[C@@H](C3)N5)CCCO4)c(O)c2)cn1. The summed E-state index contributed by atoms with van der Waals surface area (Å²) in [4.78, 5) is 2.41. The van der Waals surface area contributed by atoms with Crippen molar-refractivity contribution < 1.29 is 9.84 Å². The molecule has 0 radical (unpaired) electrons. The van der Waals surface area contributed by atoms with Crippen molar-refractivity contribution in [3.8, 4) is 33.9 Å². The van der Waals surface area contributed by atoms with E-state index >= 15 is 0 Å². The third kappa shape index (κ3) is 3.48. The number of aryl methyl sites for hydroxylation is 1. The molecule has 3 aromatic rings. The summed E-state index contributed by atoms with van der Waals surface area (Å²) in [7, 11) is 1.88. The molecule has 0 amide bonds. The predicted octanol–water partition coefficient (Wildman–Crippen LogP) is 3.12. The molecule has 3 aliphatic rings. The molecule has 0 unspecified atom stereocenters. The van der Waals surface area contributed by atoms with Crippen LogP contribution in [0.1, 0.15) is 32.1 Å². The molecule has 0 saturated carbocycles. The molecule has 2 fully saturated rings. The van der Waals surface area contributed by atoms with Crippen LogP contribution in [0.2, 0.25) is 0 Å². The fraction of sp³-hybridized carbons (Fsp3) is 0.458. The summed E-state index contributed by atoms with van der Waals surface area (Å²) in [6.45, 7) is 1.61. The Morgan fingerprint density at radius 3 is 2.69 bits per heavy atom. The first kappa shape index (κ1) is 19.5. The number of benzene rings is 1. The monoisotopic (exact) mass is 432 g/mol. The van der Waals surface area contributed by atoms with Gasteiger partial charge in [-0.1, -0.05) is 6.07 Å². The lowest BCUT2D eigenvalue weighted by Crippen LogP contribution is -2.48. The van der Waals surface area contributed by atoms with Gasteiger partial charge in [-0.3, -0.25) is 4.68 Å². The highest BCUT2D eigenvalue weighted by Crippen LogP contribution is 2.39. The highest BCUT2D eigenvalue weighted by atomic mass is 16.5. The number of hydrogen-bond donors (Lipinski definition) is 2. The summed E-state index contributed by atoms with van der Waals surface area (Å²) < 4.78 is 7.83. The standard InChI is InChI=1S/C24H28N6O2/c1-29-14-16(13-25-29)15-3-6-20(22(31)9-15)21-12-23-24(28-27-21)30(7-2-8-32-23)19-10-17-4-5-18(11-19)26-17/h3,6,9,12-14,17-19,26,31H,2,4-5,7-8,10-11H2,1H3/t17-,18+,19-. The number of aromatic nitrogens is 4. The van der Waals surface area contributed by atoms with Crippen molar-refractivity contribution in [1.29, 1.82) is 0 Å². The van der Waals surface area contributed by atoms with E-state index in [-0.39, 0.29) is 5.75 Å². The summed E-state index contributed by atoms with van der Waals surface area (Å²) in [5.41, 5.74) is 3.13. The first-order valence-electron chi connectivity index (χ1n) is 11.5. The maximum atomic E-state index is 10.7. The van der Waals surface area contributed by atoms with Crippen molar-refractivity contribution in [3.05, 3.63) is 36.7 Å². The lowest BCUT2D eigenvalue weighted by atomic mass is 9.98. The van der Waals surface area contributed by atoms with Crippen LogP contribution < -0.4 is 15.0 Å². The molecule has 2 aromatic heterocycles. The number of phenols is 1. The Balaban J connectivity index is 1.31. The van der Waals surface area contributed by atoms with Gasteiger partial charge in [0.15, 0.2) is 11.6 Å². The molecule has 5 heterocycles. The average molecular weight is 433 g/mol. The largest absolute Gasteiger partial charge is 0.507 e. The second kappa shape index (κ2) is 7.78. The van der Waals surface area contributed by atoms with Gasteiger partial charge < -0.3 is 20.1 Å². The number of anilines is 1. The molecule has 8 nitrogen and oxygen atoms in total. The number of nitrogens with one attached hydrogen (secondary N) is 1. The first-order valence-corrected chi connectivity index (χ1v) is 11.5. The second-order valence-electron chi connectivity index (χ2n) is 9.21. The highest BCUT2D eigenvalue weighted by Gasteiger charge is 2.37. The van der Waals surface area contributed by atoms with Gasteiger partial charge in [0, 0.05) is 55.1 Å². The van der Waals surface area contributed by atoms with Crippen molar-refractivity contribution in [2.45, 2.75) is 50.2 Å². The van der Waals surface area contributed by atoms with Crippen LogP contribution in [0.5, 0.6) is 11.5 Å². The Bertz CT molecular complexity index is 1130. The number of ether oxygens (including phenoxy) is 1. The van der Waals surface area contributed by atoms with Crippen molar-refractivity contribution in [2.75, 3.05) is 18.1 Å². The van der Waals surface area contributed by atoms with Crippen LogP contribution >= 0.6 is 0 Å². The van der Waals surface area contributed by atoms with E-state index in [0.29, 0.717) is 36.0 Å². The van der Waals surface area contributed by atoms with Gasteiger partial charge in [-0.05, 0) is 49.8 Å². The molecular formula is C24H28N6O2. The summed E-state index contributed by atoms with van der Waals surface area (Å²) >= 11 is 0. The van der Waals surface area contributed by atoms with E-state index < -0.39 is 0 Å². The Kier molecular flexibility index (Phi) is 4.75.